The number of morpholine rings is 1. The lowest BCUT2D eigenvalue weighted by molar-refractivity contribution is -0.110. The topological polar surface area (TPSA) is 38.8 Å². The first-order valence-corrected chi connectivity index (χ1v) is 6.81. The Morgan fingerprint density at radius 3 is 2.60 bits per heavy atom. The van der Waals surface area contributed by atoms with E-state index >= 15 is 0 Å². The van der Waals surface area contributed by atoms with Crippen LogP contribution < -0.4 is 0 Å². The van der Waals surface area contributed by atoms with Gasteiger partial charge in [0, 0.05) is 24.7 Å². The summed E-state index contributed by atoms with van der Waals surface area (Å²) in [7, 11) is 0. The van der Waals surface area contributed by atoms with E-state index in [9.17, 15) is 4.79 Å². The summed E-state index contributed by atoms with van der Waals surface area (Å²) in [4.78, 5) is 14.0. The van der Waals surface area contributed by atoms with Crippen molar-refractivity contribution in [2.45, 2.75) is 6.23 Å². The molecule has 1 fully saturated rings. The Kier molecular flexibility index (Phi) is 3.95. The number of ether oxygens (including phenoxy) is 2. The maximum atomic E-state index is 11.8. The Hall–Kier alpha value is -1.91. The van der Waals surface area contributed by atoms with Crippen LogP contribution in [0.3, 0.4) is 0 Å². The van der Waals surface area contributed by atoms with E-state index in [1.807, 2.05) is 36.4 Å². The normalized spacial score (nSPS) is 23.9. The summed E-state index contributed by atoms with van der Waals surface area (Å²) in [6.45, 7) is 3.02. The van der Waals surface area contributed by atoms with Gasteiger partial charge < -0.3 is 9.47 Å². The van der Waals surface area contributed by atoms with Crippen molar-refractivity contribution in [3.63, 3.8) is 0 Å². The van der Waals surface area contributed by atoms with Crippen LogP contribution in [0, 0.1) is 0 Å². The molecule has 3 rings (SSSR count). The van der Waals surface area contributed by atoms with Crippen LogP contribution in [-0.4, -0.2) is 43.2 Å². The molecule has 20 heavy (non-hydrogen) atoms. The zero-order chi connectivity index (χ0) is 13.8. The molecule has 2 aliphatic rings. The molecule has 0 N–H and O–H groups in total. The zero-order valence-electron chi connectivity index (χ0n) is 11.2. The Labute approximate surface area is 118 Å². The monoisotopic (exact) mass is 271 g/mol. The molecular weight excluding hydrogens is 254 g/mol. The van der Waals surface area contributed by atoms with Crippen molar-refractivity contribution >= 4 is 11.5 Å². The second-order valence-electron chi connectivity index (χ2n) is 4.79. The largest absolute Gasteiger partial charge is 0.471 e. The molecule has 2 heterocycles. The van der Waals surface area contributed by atoms with Crippen molar-refractivity contribution in [1.82, 2.24) is 4.90 Å². The summed E-state index contributed by atoms with van der Waals surface area (Å²) in [5.41, 5.74) is 0.919. The molecule has 0 aromatic heterocycles. The van der Waals surface area contributed by atoms with Gasteiger partial charge in [-0.05, 0) is 12.2 Å². The highest BCUT2D eigenvalue weighted by Crippen LogP contribution is 2.22. The summed E-state index contributed by atoms with van der Waals surface area (Å²) in [6.07, 6.45) is 4.74. The van der Waals surface area contributed by atoms with Gasteiger partial charge in [0.15, 0.2) is 12.0 Å². The fraction of sp³-hybridized carbons (Fsp3) is 0.312. The molecular formula is C16H17NO3. The van der Waals surface area contributed by atoms with E-state index in [0.717, 1.165) is 18.7 Å². The zero-order valence-corrected chi connectivity index (χ0v) is 11.2. The van der Waals surface area contributed by atoms with Gasteiger partial charge in [0.2, 0.25) is 0 Å². The van der Waals surface area contributed by atoms with Crippen molar-refractivity contribution in [1.29, 1.82) is 0 Å². The minimum Gasteiger partial charge on any atom is -0.471 e. The van der Waals surface area contributed by atoms with Crippen molar-refractivity contribution < 1.29 is 14.3 Å². The fourth-order valence-electron chi connectivity index (χ4n) is 2.34. The quantitative estimate of drug-likeness (QED) is 0.823. The van der Waals surface area contributed by atoms with Crippen LogP contribution in [0.5, 0.6) is 0 Å². The molecule has 0 spiro atoms. The van der Waals surface area contributed by atoms with E-state index in [0.29, 0.717) is 19.0 Å². The van der Waals surface area contributed by atoms with Crippen LogP contribution in [0.25, 0.3) is 5.76 Å². The van der Waals surface area contributed by atoms with Gasteiger partial charge >= 0.3 is 0 Å². The Bertz CT molecular complexity index is 530. The predicted octanol–water partition coefficient (Wildman–Crippen LogP) is 1.84. The molecule has 1 saturated heterocycles. The number of benzene rings is 1. The summed E-state index contributed by atoms with van der Waals surface area (Å²) in [5, 5.41) is 0. The van der Waals surface area contributed by atoms with Crippen molar-refractivity contribution in [3.8, 4) is 0 Å². The van der Waals surface area contributed by atoms with Gasteiger partial charge in [-0.3, -0.25) is 9.69 Å². The number of ketones is 1. The van der Waals surface area contributed by atoms with Crippen LogP contribution in [0.4, 0.5) is 0 Å². The highest BCUT2D eigenvalue weighted by molar-refractivity contribution is 6.03. The number of carbonyl (C=O) groups is 1. The molecule has 2 aliphatic heterocycles. The highest BCUT2D eigenvalue weighted by Gasteiger charge is 2.23. The lowest BCUT2D eigenvalue weighted by Crippen LogP contribution is -2.43. The van der Waals surface area contributed by atoms with Crippen molar-refractivity contribution in [3.05, 3.63) is 54.1 Å². The molecule has 4 heteroatoms. The first kappa shape index (κ1) is 13.1. The molecule has 0 saturated carbocycles. The first-order chi connectivity index (χ1) is 9.83. The number of allylic oxidation sites excluding steroid dienone is 2. The van der Waals surface area contributed by atoms with E-state index in [1.54, 1.807) is 12.2 Å². The minimum atomic E-state index is -0.211. The summed E-state index contributed by atoms with van der Waals surface area (Å²) >= 11 is 0. The highest BCUT2D eigenvalue weighted by atomic mass is 16.5. The average Bonchev–Trinajstić information content (AvgIpc) is 2.71. The van der Waals surface area contributed by atoms with Gasteiger partial charge in [0.1, 0.15) is 5.76 Å². The summed E-state index contributed by atoms with van der Waals surface area (Å²) in [6, 6.07) is 9.71. The van der Waals surface area contributed by atoms with Crippen molar-refractivity contribution in [2.75, 3.05) is 26.3 Å². The van der Waals surface area contributed by atoms with Gasteiger partial charge in [-0.1, -0.05) is 30.3 Å². The number of rotatable bonds is 2. The first-order valence-electron chi connectivity index (χ1n) is 6.81. The van der Waals surface area contributed by atoms with Crippen molar-refractivity contribution in [2.24, 2.45) is 0 Å². The van der Waals surface area contributed by atoms with Crippen LogP contribution in [0.15, 0.2) is 48.6 Å². The predicted molar refractivity (Wildman–Crippen MR) is 75.8 cm³/mol. The third kappa shape index (κ3) is 2.98. The molecule has 0 radical (unpaired) electrons. The maximum Gasteiger partial charge on any atom is 0.182 e. The van der Waals surface area contributed by atoms with Crippen LogP contribution in [-0.2, 0) is 14.3 Å². The molecule has 0 amide bonds. The van der Waals surface area contributed by atoms with Gasteiger partial charge in [0.05, 0.1) is 13.2 Å². The van der Waals surface area contributed by atoms with E-state index < -0.39 is 0 Å². The molecule has 1 aromatic carbocycles. The molecule has 0 aliphatic carbocycles. The van der Waals surface area contributed by atoms with E-state index in [2.05, 4.69) is 4.90 Å². The molecule has 1 aromatic rings. The SMILES string of the molecule is O=C1C=CC(N2CCOCC2)OC(c2ccccc2)=C1. The number of nitrogens with zero attached hydrogens (tertiary/aromatic N) is 1. The lowest BCUT2D eigenvalue weighted by Gasteiger charge is -2.32. The van der Waals surface area contributed by atoms with Gasteiger partial charge in [0.25, 0.3) is 0 Å². The molecule has 104 valence electrons. The second-order valence-corrected chi connectivity index (χ2v) is 4.79. The van der Waals surface area contributed by atoms with E-state index in [-0.39, 0.29) is 12.0 Å². The summed E-state index contributed by atoms with van der Waals surface area (Å²) in [5.74, 6) is 0.580. The van der Waals surface area contributed by atoms with Crippen LogP contribution in [0.2, 0.25) is 0 Å². The third-order valence-corrected chi connectivity index (χ3v) is 3.41. The van der Waals surface area contributed by atoms with Gasteiger partial charge in [-0.25, -0.2) is 0 Å². The Morgan fingerprint density at radius 2 is 1.85 bits per heavy atom. The second kappa shape index (κ2) is 6.03. The molecule has 0 bridgehead atoms. The van der Waals surface area contributed by atoms with E-state index in [4.69, 9.17) is 9.47 Å². The molecule has 4 nitrogen and oxygen atoms in total. The molecule has 1 atom stereocenters. The van der Waals surface area contributed by atoms with Crippen LogP contribution >= 0.6 is 0 Å². The van der Waals surface area contributed by atoms with E-state index in [1.165, 1.54) is 0 Å². The lowest BCUT2D eigenvalue weighted by atomic mass is 10.1. The number of hydrogen-bond acceptors (Lipinski definition) is 4. The maximum absolute atomic E-state index is 11.8. The summed E-state index contributed by atoms with van der Waals surface area (Å²) < 4.78 is 11.4. The Balaban J connectivity index is 1.83. The van der Waals surface area contributed by atoms with Gasteiger partial charge in [-0.15, -0.1) is 0 Å². The Morgan fingerprint density at radius 1 is 1.10 bits per heavy atom. The minimum absolute atomic E-state index is 0.0420. The number of carbonyl (C=O) groups excluding carboxylic acids is 1. The molecule has 1 unspecified atom stereocenters. The van der Waals surface area contributed by atoms with Gasteiger partial charge in [-0.2, -0.15) is 0 Å². The fourth-order valence-corrected chi connectivity index (χ4v) is 2.34. The van der Waals surface area contributed by atoms with Crippen LogP contribution in [0.1, 0.15) is 5.56 Å². The average molecular weight is 271 g/mol. The standard InChI is InChI=1S/C16H17NO3/c18-14-6-7-16(17-8-10-19-11-9-17)20-15(12-14)13-4-2-1-3-5-13/h1-7,12,16H,8-11H2. The third-order valence-electron chi connectivity index (χ3n) is 3.41. The number of hydrogen-bond donors (Lipinski definition) is 0. The smallest absolute Gasteiger partial charge is 0.182 e.